The lowest BCUT2D eigenvalue weighted by Gasteiger charge is -2.10. The number of oxazole rings is 1. The zero-order valence-corrected chi connectivity index (χ0v) is 21.8. The highest BCUT2D eigenvalue weighted by molar-refractivity contribution is 6.05. The number of hydrogen-bond donors (Lipinski definition) is 1. The average molecular weight is 515 g/mol. The van der Waals surface area contributed by atoms with Crippen LogP contribution in [0.25, 0.3) is 44.7 Å². The number of carbonyl (C=O) groups is 1. The summed E-state index contributed by atoms with van der Waals surface area (Å²) in [7, 11) is 0. The minimum atomic E-state index is -0.419. The molecule has 0 aliphatic rings. The Morgan fingerprint density at radius 2 is 1.59 bits per heavy atom. The van der Waals surface area contributed by atoms with Gasteiger partial charge in [-0.2, -0.15) is 0 Å². The van der Waals surface area contributed by atoms with Crippen LogP contribution in [-0.2, 0) is 0 Å². The zero-order chi connectivity index (χ0) is 27.1. The summed E-state index contributed by atoms with van der Waals surface area (Å²) in [6.45, 7) is 6.22. The van der Waals surface area contributed by atoms with E-state index in [4.69, 9.17) is 8.83 Å². The summed E-state index contributed by atoms with van der Waals surface area (Å²) in [6, 6.07) is 27.9. The molecule has 2 aromatic heterocycles. The molecule has 39 heavy (non-hydrogen) atoms. The van der Waals surface area contributed by atoms with Crippen molar-refractivity contribution in [3.63, 3.8) is 0 Å². The van der Waals surface area contributed by atoms with E-state index in [0.717, 1.165) is 27.6 Å². The lowest BCUT2D eigenvalue weighted by molar-refractivity contribution is 0.102. The van der Waals surface area contributed by atoms with Gasteiger partial charge in [0.05, 0.1) is 5.56 Å². The van der Waals surface area contributed by atoms with Crippen molar-refractivity contribution >= 4 is 33.7 Å². The first kappa shape index (κ1) is 24.4. The summed E-state index contributed by atoms with van der Waals surface area (Å²) >= 11 is 0. The summed E-state index contributed by atoms with van der Waals surface area (Å²) < 4.78 is 11.5. The Kier molecular flexibility index (Phi) is 6.08. The molecule has 6 rings (SSSR count). The molecule has 0 fully saturated rings. The maximum Gasteiger partial charge on any atom is 0.344 e. The number of fused-ring (bicyclic) bond motifs is 2. The van der Waals surface area contributed by atoms with Gasteiger partial charge in [0.25, 0.3) is 5.91 Å². The smallest absolute Gasteiger partial charge is 0.344 e. The molecule has 0 saturated carbocycles. The van der Waals surface area contributed by atoms with E-state index in [2.05, 4.69) is 36.3 Å². The minimum Gasteiger partial charge on any atom is -0.436 e. The van der Waals surface area contributed by atoms with Crippen LogP contribution >= 0.6 is 0 Å². The number of aromatic nitrogens is 1. The molecule has 0 aliphatic heterocycles. The van der Waals surface area contributed by atoms with Crippen LogP contribution < -0.4 is 10.9 Å². The molecule has 0 bridgehead atoms. The van der Waals surface area contributed by atoms with E-state index in [1.165, 1.54) is 5.56 Å². The van der Waals surface area contributed by atoms with Crippen LogP contribution in [0.1, 0.15) is 41.3 Å². The van der Waals surface area contributed by atoms with Gasteiger partial charge < -0.3 is 14.2 Å². The number of benzene rings is 4. The van der Waals surface area contributed by atoms with Crippen LogP contribution in [-0.4, -0.2) is 10.9 Å². The third kappa shape index (κ3) is 4.73. The predicted octanol–water partition coefficient (Wildman–Crippen LogP) is 7.95. The molecule has 1 amide bonds. The van der Waals surface area contributed by atoms with Crippen LogP contribution in [0, 0.1) is 6.92 Å². The number of anilines is 1. The standard InChI is InChI=1S/C33H26N2O4/c1-19(2)23-14-15-30-28(17-23)35-32(38-30)25-9-8-20(3)27(18-25)34-31(36)22-12-10-21(11-13-22)26-16-24-6-4-5-7-29(24)39-33(26)37/h4-19H,1-3H3,(H,34,36). The molecule has 1 N–H and O–H groups in total. The topological polar surface area (TPSA) is 85.3 Å². The fraction of sp³-hybridized carbons (Fsp3) is 0.121. The normalized spacial score (nSPS) is 11.4. The lowest BCUT2D eigenvalue weighted by atomic mass is 10.0. The highest BCUT2D eigenvalue weighted by atomic mass is 16.4. The number of carbonyl (C=O) groups excluding carboxylic acids is 1. The third-order valence-corrected chi connectivity index (χ3v) is 6.91. The molecule has 0 aliphatic carbocycles. The number of nitrogens with one attached hydrogen (secondary N) is 1. The minimum absolute atomic E-state index is 0.258. The first-order chi connectivity index (χ1) is 18.9. The predicted molar refractivity (Wildman–Crippen MR) is 154 cm³/mol. The average Bonchev–Trinajstić information content (AvgIpc) is 3.37. The lowest BCUT2D eigenvalue weighted by Crippen LogP contribution is -2.13. The molecule has 0 saturated heterocycles. The fourth-order valence-electron chi connectivity index (χ4n) is 4.58. The quantitative estimate of drug-likeness (QED) is 0.236. The maximum atomic E-state index is 13.1. The molecular formula is C33H26N2O4. The van der Waals surface area contributed by atoms with Gasteiger partial charge in [-0.1, -0.05) is 56.3 Å². The number of para-hydroxylation sites is 1. The van der Waals surface area contributed by atoms with Gasteiger partial charge in [-0.25, -0.2) is 9.78 Å². The van der Waals surface area contributed by atoms with E-state index < -0.39 is 5.63 Å². The van der Waals surface area contributed by atoms with Crippen LogP contribution in [0.3, 0.4) is 0 Å². The van der Waals surface area contributed by atoms with Crippen LogP contribution in [0.4, 0.5) is 5.69 Å². The van der Waals surface area contributed by atoms with Gasteiger partial charge in [0.2, 0.25) is 5.89 Å². The second-order valence-corrected chi connectivity index (χ2v) is 9.95. The van der Waals surface area contributed by atoms with Crippen molar-refractivity contribution < 1.29 is 13.6 Å². The first-order valence-electron chi connectivity index (χ1n) is 12.8. The van der Waals surface area contributed by atoms with Gasteiger partial charge in [0.15, 0.2) is 5.58 Å². The van der Waals surface area contributed by atoms with Gasteiger partial charge in [-0.05, 0) is 78.1 Å². The molecule has 0 radical (unpaired) electrons. The summed E-state index contributed by atoms with van der Waals surface area (Å²) in [5.74, 6) is 0.640. The monoisotopic (exact) mass is 514 g/mol. The molecule has 6 heteroatoms. The van der Waals surface area contributed by atoms with Gasteiger partial charge in [0.1, 0.15) is 11.1 Å². The molecule has 6 aromatic rings. The maximum absolute atomic E-state index is 13.1. The Morgan fingerprint density at radius 1 is 0.821 bits per heavy atom. The number of nitrogens with zero attached hydrogens (tertiary/aromatic N) is 1. The molecule has 0 unspecified atom stereocenters. The fourth-order valence-corrected chi connectivity index (χ4v) is 4.58. The number of hydrogen-bond acceptors (Lipinski definition) is 5. The summed E-state index contributed by atoms with van der Waals surface area (Å²) in [5.41, 5.74) is 6.81. The zero-order valence-electron chi connectivity index (χ0n) is 21.8. The van der Waals surface area contributed by atoms with E-state index in [9.17, 15) is 9.59 Å². The van der Waals surface area contributed by atoms with Gasteiger partial charge in [0, 0.05) is 22.2 Å². The Balaban J connectivity index is 1.25. The molecule has 0 atom stereocenters. The van der Waals surface area contributed by atoms with Crippen molar-refractivity contribution in [2.24, 2.45) is 0 Å². The largest absolute Gasteiger partial charge is 0.436 e. The highest BCUT2D eigenvalue weighted by Crippen LogP contribution is 2.30. The van der Waals surface area contributed by atoms with Crippen molar-refractivity contribution in [2.75, 3.05) is 5.32 Å². The molecular weight excluding hydrogens is 488 g/mol. The van der Waals surface area contributed by atoms with E-state index in [1.54, 1.807) is 36.4 Å². The number of rotatable bonds is 5. The van der Waals surface area contributed by atoms with E-state index in [1.807, 2.05) is 49.4 Å². The van der Waals surface area contributed by atoms with E-state index in [-0.39, 0.29) is 5.91 Å². The number of aryl methyl sites for hydroxylation is 1. The van der Waals surface area contributed by atoms with Crippen LogP contribution in [0.2, 0.25) is 0 Å². The van der Waals surface area contributed by atoms with Crippen LogP contribution in [0.5, 0.6) is 0 Å². The molecule has 0 spiro atoms. The first-order valence-corrected chi connectivity index (χ1v) is 12.8. The third-order valence-electron chi connectivity index (χ3n) is 6.91. The van der Waals surface area contributed by atoms with Crippen LogP contribution in [0.15, 0.2) is 105 Å². The molecule has 6 nitrogen and oxygen atoms in total. The highest BCUT2D eigenvalue weighted by Gasteiger charge is 2.14. The van der Waals surface area contributed by atoms with Crippen molar-refractivity contribution in [2.45, 2.75) is 26.7 Å². The van der Waals surface area contributed by atoms with Crippen molar-refractivity contribution in [3.8, 4) is 22.6 Å². The van der Waals surface area contributed by atoms with Crippen molar-refractivity contribution in [1.82, 2.24) is 4.98 Å². The van der Waals surface area contributed by atoms with E-state index >= 15 is 0 Å². The number of amides is 1. The molecule has 2 heterocycles. The Bertz CT molecular complexity index is 1910. The van der Waals surface area contributed by atoms with Gasteiger partial charge in [-0.15, -0.1) is 0 Å². The van der Waals surface area contributed by atoms with E-state index in [0.29, 0.717) is 39.8 Å². The molecule has 192 valence electrons. The molecule has 4 aromatic carbocycles. The second-order valence-electron chi connectivity index (χ2n) is 9.95. The Labute approximate surface area is 224 Å². The Morgan fingerprint density at radius 3 is 2.38 bits per heavy atom. The second kappa shape index (κ2) is 9.72. The SMILES string of the molecule is Cc1ccc(-c2nc3cc(C(C)C)ccc3o2)cc1NC(=O)c1ccc(-c2cc3ccccc3oc2=O)cc1. The summed E-state index contributed by atoms with van der Waals surface area (Å²) in [4.78, 5) is 30.3. The van der Waals surface area contributed by atoms with Gasteiger partial charge in [-0.3, -0.25) is 4.79 Å². The Hall–Kier alpha value is -4.97. The summed E-state index contributed by atoms with van der Waals surface area (Å²) in [5, 5.41) is 3.84. The summed E-state index contributed by atoms with van der Waals surface area (Å²) in [6.07, 6.45) is 0. The van der Waals surface area contributed by atoms with Gasteiger partial charge >= 0.3 is 5.63 Å². The van der Waals surface area contributed by atoms with Crippen molar-refractivity contribution in [1.29, 1.82) is 0 Å². The van der Waals surface area contributed by atoms with Crippen molar-refractivity contribution in [3.05, 3.63) is 118 Å².